The predicted octanol–water partition coefficient (Wildman–Crippen LogP) is 3.14. The average Bonchev–Trinajstić information content (AvgIpc) is 2.55. The molecule has 0 heterocycles. The Balaban J connectivity index is 2.14. The van der Waals surface area contributed by atoms with Crippen LogP contribution in [0.15, 0.2) is 47.4 Å². The fraction of sp³-hybridized carbons (Fsp3) is 0.263. The molecule has 0 saturated carbocycles. The van der Waals surface area contributed by atoms with Crippen molar-refractivity contribution in [2.24, 2.45) is 0 Å². The fourth-order valence-electron chi connectivity index (χ4n) is 2.34. The third-order valence-corrected chi connectivity index (χ3v) is 4.96. The van der Waals surface area contributed by atoms with Crippen LogP contribution in [-0.4, -0.2) is 32.5 Å². The molecule has 0 aliphatic carbocycles. The van der Waals surface area contributed by atoms with Crippen LogP contribution in [0.25, 0.3) is 0 Å². The van der Waals surface area contributed by atoms with E-state index in [2.05, 4.69) is 0 Å². The lowest BCUT2D eigenvalue weighted by Gasteiger charge is -2.14. The fourth-order valence-corrected chi connectivity index (χ4v) is 2.97. The van der Waals surface area contributed by atoms with Crippen LogP contribution in [-0.2, 0) is 14.6 Å². The highest BCUT2D eigenvalue weighted by molar-refractivity contribution is 7.90. The van der Waals surface area contributed by atoms with Gasteiger partial charge in [0.15, 0.2) is 15.9 Å². The third kappa shape index (κ3) is 4.54. The van der Waals surface area contributed by atoms with Gasteiger partial charge in [-0.1, -0.05) is 17.7 Å². The molecule has 0 aliphatic rings. The van der Waals surface area contributed by atoms with Crippen molar-refractivity contribution >= 4 is 21.6 Å². The number of benzene rings is 2. The number of rotatable bonds is 5. The first-order chi connectivity index (χ1) is 11.6. The van der Waals surface area contributed by atoms with Crippen molar-refractivity contribution < 1.29 is 22.7 Å². The molecule has 0 aliphatic heterocycles. The maximum absolute atomic E-state index is 12.5. The number of carbonyl (C=O) groups excluding carboxylic acids is 2. The van der Waals surface area contributed by atoms with E-state index in [1.165, 1.54) is 31.2 Å². The third-order valence-electron chi connectivity index (χ3n) is 3.83. The first-order valence-corrected chi connectivity index (χ1v) is 9.61. The summed E-state index contributed by atoms with van der Waals surface area (Å²) >= 11 is 0. The van der Waals surface area contributed by atoms with Crippen molar-refractivity contribution in [3.05, 3.63) is 64.7 Å². The van der Waals surface area contributed by atoms with Gasteiger partial charge in [0.05, 0.1) is 10.5 Å². The van der Waals surface area contributed by atoms with Crippen LogP contribution in [0, 0.1) is 13.8 Å². The Bertz CT molecular complexity index is 911. The van der Waals surface area contributed by atoms with Crippen LogP contribution >= 0.6 is 0 Å². The Morgan fingerprint density at radius 3 is 2.16 bits per heavy atom. The van der Waals surface area contributed by atoms with E-state index in [1.807, 2.05) is 26.0 Å². The molecule has 0 bridgehead atoms. The van der Waals surface area contributed by atoms with E-state index in [9.17, 15) is 18.0 Å². The molecule has 0 amide bonds. The Hall–Kier alpha value is -2.47. The second-order valence-electron chi connectivity index (χ2n) is 6.03. The van der Waals surface area contributed by atoms with Crippen molar-refractivity contribution in [2.45, 2.75) is 31.8 Å². The van der Waals surface area contributed by atoms with Crippen LogP contribution in [0.3, 0.4) is 0 Å². The highest BCUT2D eigenvalue weighted by Crippen LogP contribution is 2.16. The molecule has 5 nitrogen and oxygen atoms in total. The van der Waals surface area contributed by atoms with Crippen LogP contribution in [0.5, 0.6) is 0 Å². The lowest BCUT2D eigenvalue weighted by Crippen LogP contribution is -2.25. The Morgan fingerprint density at radius 2 is 1.60 bits per heavy atom. The van der Waals surface area contributed by atoms with Gasteiger partial charge in [-0.3, -0.25) is 4.79 Å². The van der Waals surface area contributed by atoms with Gasteiger partial charge in [-0.25, -0.2) is 13.2 Å². The minimum Gasteiger partial charge on any atom is -0.451 e. The van der Waals surface area contributed by atoms with Crippen LogP contribution in [0.4, 0.5) is 0 Å². The standard InChI is InChI=1S/C19H20O5S/c1-12-5-6-13(2)17(11-12)18(20)14(3)24-19(21)15-7-9-16(10-8-15)25(4,22)23/h5-11,14H,1-4H3/t14-/m0/s1. The molecule has 2 aromatic rings. The van der Waals surface area contributed by atoms with Crippen molar-refractivity contribution in [3.63, 3.8) is 0 Å². The van der Waals surface area contributed by atoms with Gasteiger partial charge in [-0.05, 0) is 56.7 Å². The molecule has 2 aromatic carbocycles. The topological polar surface area (TPSA) is 77.5 Å². The number of sulfone groups is 1. The minimum atomic E-state index is -3.33. The second-order valence-corrected chi connectivity index (χ2v) is 8.04. The van der Waals surface area contributed by atoms with E-state index in [0.717, 1.165) is 17.4 Å². The van der Waals surface area contributed by atoms with E-state index in [4.69, 9.17) is 4.74 Å². The summed E-state index contributed by atoms with van der Waals surface area (Å²) in [6.45, 7) is 5.23. The van der Waals surface area contributed by atoms with E-state index in [0.29, 0.717) is 5.56 Å². The van der Waals surface area contributed by atoms with E-state index < -0.39 is 21.9 Å². The summed E-state index contributed by atoms with van der Waals surface area (Å²) in [6.07, 6.45) is 0.146. The van der Waals surface area contributed by atoms with Gasteiger partial charge in [-0.2, -0.15) is 0 Å². The Kier molecular flexibility index (Phi) is 5.42. The molecule has 0 fully saturated rings. The van der Waals surface area contributed by atoms with Crippen LogP contribution < -0.4 is 0 Å². The number of hydrogen-bond acceptors (Lipinski definition) is 5. The number of carbonyl (C=O) groups is 2. The maximum atomic E-state index is 12.5. The smallest absolute Gasteiger partial charge is 0.338 e. The van der Waals surface area contributed by atoms with Gasteiger partial charge in [0.1, 0.15) is 0 Å². The summed E-state index contributed by atoms with van der Waals surface area (Å²) in [5.74, 6) is -0.950. The van der Waals surface area contributed by atoms with Crippen molar-refractivity contribution in [1.82, 2.24) is 0 Å². The number of Topliss-reactive ketones (excluding diaryl/α,β-unsaturated/α-hetero) is 1. The quantitative estimate of drug-likeness (QED) is 0.605. The number of ether oxygens (including phenoxy) is 1. The number of ketones is 1. The molecule has 0 radical (unpaired) electrons. The molecule has 25 heavy (non-hydrogen) atoms. The lowest BCUT2D eigenvalue weighted by atomic mass is 9.99. The van der Waals surface area contributed by atoms with E-state index in [-0.39, 0.29) is 16.2 Å². The van der Waals surface area contributed by atoms with Crippen LogP contribution in [0.1, 0.15) is 38.8 Å². The molecule has 0 saturated heterocycles. The molecule has 1 atom stereocenters. The Morgan fingerprint density at radius 1 is 1.00 bits per heavy atom. The second kappa shape index (κ2) is 7.19. The number of aryl methyl sites for hydroxylation is 2. The number of esters is 1. The summed E-state index contributed by atoms with van der Waals surface area (Å²) in [7, 11) is -3.33. The molecule has 132 valence electrons. The molecule has 0 unspecified atom stereocenters. The predicted molar refractivity (Wildman–Crippen MR) is 94.7 cm³/mol. The highest BCUT2D eigenvalue weighted by Gasteiger charge is 2.22. The van der Waals surface area contributed by atoms with Gasteiger partial charge in [-0.15, -0.1) is 0 Å². The van der Waals surface area contributed by atoms with Gasteiger partial charge in [0.2, 0.25) is 5.78 Å². The normalized spacial score (nSPS) is 12.5. The maximum Gasteiger partial charge on any atom is 0.338 e. The SMILES string of the molecule is Cc1ccc(C)c(C(=O)[C@H](C)OC(=O)c2ccc(S(C)(=O)=O)cc2)c1. The zero-order valence-electron chi connectivity index (χ0n) is 14.6. The Labute approximate surface area is 147 Å². The van der Waals surface area contributed by atoms with Gasteiger partial charge < -0.3 is 4.74 Å². The summed E-state index contributed by atoms with van der Waals surface area (Å²) in [4.78, 5) is 24.8. The van der Waals surface area contributed by atoms with Gasteiger partial charge >= 0.3 is 5.97 Å². The van der Waals surface area contributed by atoms with Gasteiger partial charge in [0, 0.05) is 11.8 Å². The molecule has 0 aromatic heterocycles. The molecular formula is C19H20O5S. The average molecular weight is 360 g/mol. The largest absolute Gasteiger partial charge is 0.451 e. The summed E-state index contributed by atoms with van der Waals surface area (Å²) < 4.78 is 28.1. The summed E-state index contributed by atoms with van der Waals surface area (Å²) in [5.41, 5.74) is 2.47. The highest BCUT2D eigenvalue weighted by atomic mass is 32.2. The van der Waals surface area contributed by atoms with Crippen molar-refractivity contribution in [1.29, 1.82) is 0 Å². The van der Waals surface area contributed by atoms with Gasteiger partial charge in [0.25, 0.3) is 0 Å². The van der Waals surface area contributed by atoms with Crippen molar-refractivity contribution in [3.8, 4) is 0 Å². The first kappa shape index (κ1) is 18.9. The minimum absolute atomic E-state index is 0.114. The van der Waals surface area contributed by atoms with E-state index >= 15 is 0 Å². The molecule has 0 spiro atoms. The molecule has 2 rings (SSSR count). The zero-order chi connectivity index (χ0) is 18.8. The molecule has 0 N–H and O–H groups in total. The molecule has 6 heteroatoms. The number of hydrogen-bond donors (Lipinski definition) is 0. The monoisotopic (exact) mass is 360 g/mol. The van der Waals surface area contributed by atoms with E-state index in [1.54, 1.807) is 6.07 Å². The summed E-state index contributed by atoms with van der Waals surface area (Å²) in [5, 5.41) is 0. The van der Waals surface area contributed by atoms with Crippen molar-refractivity contribution in [2.75, 3.05) is 6.26 Å². The lowest BCUT2D eigenvalue weighted by molar-refractivity contribution is 0.0318. The summed E-state index contributed by atoms with van der Waals surface area (Å²) in [6, 6.07) is 10.9. The first-order valence-electron chi connectivity index (χ1n) is 7.72. The zero-order valence-corrected chi connectivity index (χ0v) is 15.4. The van der Waals surface area contributed by atoms with Crippen LogP contribution in [0.2, 0.25) is 0 Å². The molecular weight excluding hydrogens is 340 g/mol.